The smallest absolute Gasteiger partial charge is 0.254 e. The highest BCUT2D eigenvalue weighted by molar-refractivity contribution is 9.10. The Morgan fingerprint density at radius 3 is 2.94 bits per heavy atom. The summed E-state index contributed by atoms with van der Waals surface area (Å²) in [5, 5.41) is 3.53. The first-order valence-electron chi connectivity index (χ1n) is 5.89. The first kappa shape index (κ1) is 13.9. The van der Waals surface area contributed by atoms with Crippen LogP contribution < -0.4 is 5.32 Å². The summed E-state index contributed by atoms with van der Waals surface area (Å²) in [4.78, 5) is 12.0. The Hall–Kier alpha value is -0.550. The summed E-state index contributed by atoms with van der Waals surface area (Å²) in [6, 6.07) is 4.59. The van der Waals surface area contributed by atoms with Gasteiger partial charge in [-0.05, 0) is 43.7 Å². The van der Waals surface area contributed by atoms with E-state index in [-0.39, 0.29) is 17.5 Å². The van der Waals surface area contributed by atoms with Crippen molar-refractivity contribution in [2.24, 2.45) is 0 Å². The van der Waals surface area contributed by atoms with Crippen LogP contribution in [-0.4, -0.2) is 23.5 Å². The average molecular weight is 332 g/mol. The van der Waals surface area contributed by atoms with Gasteiger partial charge in [-0.1, -0.05) is 15.9 Å². The molecule has 1 fully saturated rings. The van der Waals surface area contributed by atoms with Gasteiger partial charge in [0.1, 0.15) is 5.82 Å². The van der Waals surface area contributed by atoms with E-state index in [0.717, 1.165) is 19.3 Å². The van der Waals surface area contributed by atoms with Crippen molar-refractivity contribution in [1.29, 1.82) is 0 Å². The van der Waals surface area contributed by atoms with E-state index in [9.17, 15) is 9.18 Å². The Balaban J connectivity index is 2.02. The molecule has 1 aliphatic rings. The molecule has 0 bridgehead atoms. The van der Waals surface area contributed by atoms with Crippen LogP contribution in [0.15, 0.2) is 22.7 Å². The molecule has 1 aliphatic carbocycles. The van der Waals surface area contributed by atoms with Gasteiger partial charge in [-0.25, -0.2) is 4.39 Å². The van der Waals surface area contributed by atoms with Crippen LogP contribution >= 0.6 is 27.7 Å². The van der Waals surface area contributed by atoms with Crippen LogP contribution in [0, 0.1) is 5.82 Å². The highest BCUT2D eigenvalue weighted by Gasteiger charge is 2.26. The molecular weight excluding hydrogens is 317 g/mol. The van der Waals surface area contributed by atoms with Gasteiger partial charge in [0.25, 0.3) is 5.91 Å². The van der Waals surface area contributed by atoms with Crippen LogP contribution in [0.3, 0.4) is 0 Å². The third-order valence-corrected chi connectivity index (χ3v) is 4.81. The fraction of sp³-hybridized carbons (Fsp3) is 0.462. The topological polar surface area (TPSA) is 29.1 Å². The molecule has 5 heteroatoms. The van der Waals surface area contributed by atoms with Crippen LogP contribution in [0.5, 0.6) is 0 Å². The largest absolute Gasteiger partial charge is 0.349 e. The van der Waals surface area contributed by atoms with Crippen molar-refractivity contribution >= 4 is 33.6 Å². The zero-order chi connectivity index (χ0) is 13.1. The van der Waals surface area contributed by atoms with Gasteiger partial charge in [-0.15, -0.1) is 0 Å². The minimum atomic E-state index is -0.477. The molecule has 0 heterocycles. The van der Waals surface area contributed by atoms with Crippen molar-refractivity contribution in [3.05, 3.63) is 34.1 Å². The molecular formula is C13H15BrFNOS. The van der Waals surface area contributed by atoms with Crippen molar-refractivity contribution in [3.8, 4) is 0 Å². The molecule has 1 amide bonds. The molecule has 1 N–H and O–H groups in total. The number of carbonyl (C=O) groups is 1. The number of hydrogen-bond acceptors (Lipinski definition) is 2. The van der Waals surface area contributed by atoms with Crippen LogP contribution in [0.4, 0.5) is 4.39 Å². The second-order valence-electron chi connectivity index (χ2n) is 4.47. The molecule has 0 aliphatic heterocycles. The third kappa shape index (κ3) is 3.26. The Morgan fingerprint density at radius 2 is 2.28 bits per heavy atom. The summed E-state index contributed by atoms with van der Waals surface area (Å²) >= 11 is 5.08. The van der Waals surface area contributed by atoms with Crippen molar-refractivity contribution in [3.63, 3.8) is 0 Å². The van der Waals surface area contributed by atoms with E-state index < -0.39 is 5.82 Å². The molecule has 1 aromatic carbocycles. The Morgan fingerprint density at radius 1 is 1.50 bits per heavy atom. The molecule has 98 valence electrons. The van der Waals surface area contributed by atoms with E-state index in [4.69, 9.17) is 0 Å². The van der Waals surface area contributed by atoms with E-state index in [2.05, 4.69) is 27.5 Å². The minimum absolute atomic E-state index is 0.108. The maximum atomic E-state index is 13.6. The number of halogens is 2. The molecule has 2 unspecified atom stereocenters. The summed E-state index contributed by atoms with van der Waals surface area (Å²) in [6.07, 6.45) is 5.16. The average Bonchev–Trinajstić information content (AvgIpc) is 2.80. The molecule has 1 saturated carbocycles. The molecule has 2 rings (SSSR count). The fourth-order valence-electron chi connectivity index (χ4n) is 2.22. The maximum absolute atomic E-state index is 13.6. The van der Waals surface area contributed by atoms with Crippen LogP contribution in [0.25, 0.3) is 0 Å². The molecule has 2 atom stereocenters. The number of hydrogen-bond donors (Lipinski definition) is 1. The summed E-state index contributed by atoms with van der Waals surface area (Å²) in [7, 11) is 0. The fourth-order valence-corrected chi connectivity index (χ4v) is 3.38. The van der Waals surface area contributed by atoms with Gasteiger partial charge in [-0.2, -0.15) is 11.8 Å². The molecule has 0 aromatic heterocycles. The first-order chi connectivity index (χ1) is 8.60. The van der Waals surface area contributed by atoms with Gasteiger partial charge in [0.15, 0.2) is 0 Å². The molecule has 0 saturated heterocycles. The zero-order valence-corrected chi connectivity index (χ0v) is 12.5. The van der Waals surface area contributed by atoms with Crippen molar-refractivity contribution in [2.75, 3.05) is 6.26 Å². The lowest BCUT2D eigenvalue weighted by molar-refractivity contribution is 0.0934. The minimum Gasteiger partial charge on any atom is -0.349 e. The number of rotatable bonds is 3. The lowest BCUT2D eigenvalue weighted by atomic mass is 10.1. The number of thioether (sulfide) groups is 1. The van der Waals surface area contributed by atoms with Gasteiger partial charge in [0.2, 0.25) is 0 Å². The van der Waals surface area contributed by atoms with E-state index >= 15 is 0 Å². The molecule has 18 heavy (non-hydrogen) atoms. The Bertz CT molecular complexity index is 455. The van der Waals surface area contributed by atoms with E-state index in [1.807, 2.05) is 11.8 Å². The quantitative estimate of drug-likeness (QED) is 0.916. The highest BCUT2D eigenvalue weighted by atomic mass is 79.9. The van der Waals surface area contributed by atoms with Crippen molar-refractivity contribution in [1.82, 2.24) is 5.32 Å². The monoisotopic (exact) mass is 331 g/mol. The van der Waals surface area contributed by atoms with Crippen molar-refractivity contribution in [2.45, 2.75) is 30.6 Å². The molecule has 0 radical (unpaired) electrons. The van der Waals surface area contributed by atoms with Gasteiger partial charge in [-0.3, -0.25) is 4.79 Å². The molecule has 1 aromatic rings. The zero-order valence-electron chi connectivity index (χ0n) is 10.1. The second kappa shape index (κ2) is 6.06. The Kier molecular flexibility index (Phi) is 4.67. The SMILES string of the molecule is CSC1CCC(NC(=O)c2cc(Br)ccc2F)C1. The number of carbonyl (C=O) groups excluding carboxylic acids is 1. The lowest BCUT2D eigenvalue weighted by Crippen LogP contribution is -2.33. The maximum Gasteiger partial charge on any atom is 0.254 e. The lowest BCUT2D eigenvalue weighted by Gasteiger charge is -2.13. The summed E-state index contributed by atoms with van der Waals surface area (Å²) in [6.45, 7) is 0. The number of amides is 1. The van der Waals surface area contributed by atoms with Gasteiger partial charge >= 0.3 is 0 Å². The van der Waals surface area contributed by atoms with Gasteiger partial charge < -0.3 is 5.32 Å². The molecule has 2 nitrogen and oxygen atoms in total. The van der Waals surface area contributed by atoms with E-state index in [0.29, 0.717) is 9.72 Å². The van der Waals surface area contributed by atoms with Crippen LogP contribution in [-0.2, 0) is 0 Å². The normalized spacial score (nSPS) is 23.1. The second-order valence-corrected chi connectivity index (χ2v) is 6.52. The summed E-state index contributed by atoms with van der Waals surface area (Å²) in [5.74, 6) is -0.796. The third-order valence-electron chi connectivity index (χ3n) is 3.23. The van der Waals surface area contributed by atoms with Crippen LogP contribution in [0.2, 0.25) is 0 Å². The molecule has 0 spiro atoms. The highest BCUT2D eigenvalue weighted by Crippen LogP contribution is 2.28. The van der Waals surface area contributed by atoms with Crippen molar-refractivity contribution < 1.29 is 9.18 Å². The number of benzene rings is 1. The predicted molar refractivity (Wildman–Crippen MR) is 76.5 cm³/mol. The van der Waals surface area contributed by atoms with Crippen LogP contribution in [0.1, 0.15) is 29.6 Å². The summed E-state index contributed by atoms with van der Waals surface area (Å²) < 4.78 is 14.3. The standard InChI is InChI=1S/C13H15BrFNOS/c1-18-10-4-3-9(7-10)16-13(17)11-6-8(14)2-5-12(11)15/h2,5-6,9-10H,3-4,7H2,1H3,(H,16,17). The van der Waals surface area contributed by atoms with Gasteiger partial charge in [0, 0.05) is 15.8 Å². The Labute approximate surface area is 119 Å². The first-order valence-corrected chi connectivity index (χ1v) is 7.97. The van der Waals surface area contributed by atoms with E-state index in [1.165, 1.54) is 12.1 Å². The van der Waals surface area contributed by atoms with Gasteiger partial charge in [0.05, 0.1) is 5.56 Å². The van der Waals surface area contributed by atoms with E-state index in [1.54, 1.807) is 6.07 Å². The number of nitrogens with one attached hydrogen (secondary N) is 1. The summed E-state index contributed by atoms with van der Waals surface area (Å²) in [5.41, 5.74) is 0.108. The predicted octanol–water partition coefficient (Wildman–Crippen LogP) is 3.60.